The summed E-state index contributed by atoms with van der Waals surface area (Å²) in [5.41, 5.74) is 0.594. The lowest BCUT2D eigenvalue weighted by molar-refractivity contribution is -0.125. The van der Waals surface area contributed by atoms with Crippen LogP contribution in [0.5, 0.6) is 11.6 Å². The molecule has 0 bridgehead atoms. The summed E-state index contributed by atoms with van der Waals surface area (Å²) in [6, 6.07) is 16.1. The van der Waals surface area contributed by atoms with Crippen molar-refractivity contribution in [2.24, 2.45) is 7.05 Å². The summed E-state index contributed by atoms with van der Waals surface area (Å²) in [6.07, 6.45) is 1.73. The number of methoxy groups -OCH3 is 1. The largest absolute Gasteiger partial charge is 0.497 e. The Morgan fingerprint density at radius 3 is 2.59 bits per heavy atom. The molecule has 3 N–H and O–H groups in total. The predicted molar refractivity (Wildman–Crippen MR) is 117 cm³/mol. The molecule has 1 aliphatic heterocycles. The van der Waals surface area contributed by atoms with Crippen LogP contribution in [0, 0.1) is 0 Å². The van der Waals surface area contributed by atoms with Gasteiger partial charge in [0.25, 0.3) is 5.91 Å². The van der Waals surface area contributed by atoms with Gasteiger partial charge >= 0.3 is 6.03 Å². The van der Waals surface area contributed by atoms with Crippen molar-refractivity contribution in [2.45, 2.75) is 12.1 Å². The van der Waals surface area contributed by atoms with Gasteiger partial charge in [-0.1, -0.05) is 30.3 Å². The lowest BCUT2D eigenvalue weighted by Crippen LogP contribution is -2.48. The van der Waals surface area contributed by atoms with Gasteiger partial charge in [0.05, 0.1) is 25.0 Å². The van der Waals surface area contributed by atoms with Crippen molar-refractivity contribution < 1.29 is 19.4 Å². The molecule has 32 heavy (non-hydrogen) atoms. The number of urea groups is 1. The van der Waals surface area contributed by atoms with E-state index >= 15 is 0 Å². The molecule has 162 valence electrons. The average molecular weight is 431 g/mol. The number of aryl methyl sites for hydroxylation is 1. The Balaban J connectivity index is 1.63. The highest BCUT2D eigenvalue weighted by Crippen LogP contribution is 2.35. The van der Waals surface area contributed by atoms with E-state index in [1.54, 1.807) is 47.8 Å². The third-order valence-corrected chi connectivity index (χ3v) is 5.80. The molecule has 1 fully saturated rings. The number of imide groups is 1. The van der Waals surface area contributed by atoms with Crippen molar-refractivity contribution >= 4 is 22.7 Å². The molecule has 1 aliphatic rings. The Morgan fingerprint density at radius 2 is 1.91 bits per heavy atom. The molecule has 9 heteroatoms. The third-order valence-electron chi connectivity index (χ3n) is 5.80. The van der Waals surface area contributed by atoms with Gasteiger partial charge in [-0.15, -0.1) is 0 Å². The van der Waals surface area contributed by atoms with E-state index in [0.717, 1.165) is 10.9 Å². The number of nitrogens with zero attached hydrogens (tertiary/aromatic N) is 3. The molecule has 3 heterocycles. The number of fused-ring (bicyclic) bond motifs is 1. The Labute approximate surface area is 183 Å². The Hall–Kier alpha value is -4.27. The molecule has 1 saturated heterocycles. The van der Waals surface area contributed by atoms with E-state index in [-0.39, 0.29) is 12.4 Å². The Kier molecular flexibility index (Phi) is 4.40. The maximum absolute atomic E-state index is 13.1. The van der Waals surface area contributed by atoms with Crippen LogP contribution in [0.1, 0.15) is 5.69 Å². The molecular weight excluding hydrogens is 410 g/mol. The van der Waals surface area contributed by atoms with Gasteiger partial charge in [0.2, 0.25) is 0 Å². The topological polar surface area (TPSA) is 110 Å². The zero-order chi connectivity index (χ0) is 22.5. The average Bonchev–Trinajstić information content (AvgIpc) is 3.42. The number of ether oxygens (including phenoxy) is 1. The highest BCUT2D eigenvalue weighted by Gasteiger charge is 2.50. The number of hydrogen-bond acceptors (Lipinski definition) is 5. The van der Waals surface area contributed by atoms with Crippen LogP contribution >= 0.6 is 0 Å². The first-order valence-corrected chi connectivity index (χ1v) is 10.0. The van der Waals surface area contributed by atoms with Crippen molar-refractivity contribution in [3.63, 3.8) is 0 Å². The molecule has 1 atom stereocenters. The summed E-state index contributed by atoms with van der Waals surface area (Å²) in [7, 11) is 3.27. The van der Waals surface area contributed by atoms with Crippen LogP contribution in [-0.2, 0) is 23.9 Å². The molecule has 3 amide bonds. The van der Waals surface area contributed by atoms with Gasteiger partial charge in [-0.05, 0) is 24.3 Å². The lowest BCUT2D eigenvalue weighted by Gasteiger charge is -2.27. The number of rotatable bonds is 5. The summed E-state index contributed by atoms with van der Waals surface area (Å²) in [5.74, 6) is 0.0591. The van der Waals surface area contributed by atoms with E-state index in [9.17, 15) is 14.7 Å². The number of carbonyl (C=O) groups excluding carboxylic acids is 2. The number of amides is 3. The third kappa shape index (κ3) is 2.97. The first-order valence-electron chi connectivity index (χ1n) is 10.0. The SMILES string of the molecule is COc1ccc2cn(C[C@@]3(c4cc(-c5ccccc5)nn4C)NC(=O)NC3=O)c(O)c2c1. The van der Waals surface area contributed by atoms with E-state index in [1.807, 2.05) is 36.4 Å². The van der Waals surface area contributed by atoms with Gasteiger partial charge < -0.3 is 19.7 Å². The predicted octanol–water partition coefficient (Wildman–Crippen LogP) is 2.49. The zero-order valence-electron chi connectivity index (χ0n) is 17.5. The van der Waals surface area contributed by atoms with Gasteiger partial charge in [-0.2, -0.15) is 5.10 Å². The lowest BCUT2D eigenvalue weighted by atomic mass is 9.94. The molecule has 5 rings (SSSR count). The van der Waals surface area contributed by atoms with Gasteiger partial charge in [0.15, 0.2) is 11.4 Å². The summed E-state index contributed by atoms with van der Waals surface area (Å²) < 4.78 is 8.37. The van der Waals surface area contributed by atoms with Crippen molar-refractivity contribution in [2.75, 3.05) is 7.11 Å². The molecule has 0 spiro atoms. The van der Waals surface area contributed by atoms with Crippen molar-refractivity contribution in [1.29, 1.82) is 0 Å². The van der Waals surface area contributed by atoms with E-state index in [1.165, 1.54) is 0 Å². The summed E-state index contributed by atoms with van der Waals surface area (Å²) in [4.78, 5) is 25.3. The Bertz CT molecular complexity index is 1360. The number of aromatic nitrogens is 3. The monoisotopic (exact) mass is 431 g/mol. The molecular formula is C23H21N5O4. The minimum atomic E-state index is -1.46. The normalized spacial score (nSPS) is 18.1. The number of carbonyl (C=O) groups is 2. The van der Waals surface area contributed by atoms with Crippen LogP contribution in [0.15, 0.2) is 60.8 Å². The molecule has 0 radical (unpaired) electrons. The van der Waals surface area contributed by atoms with Crippen molar-refractivity contribution in [1.82, 2.24) is 25.0 Å². The van der Waals surface area contributed by atoms with Crippen molar-refractivity contribution in [3.8, 4) is 22.9 Å². The van der Waals surface area contributed by atoms with E-state index < -0.39 is 17.5 Å². The summed E-state index contributed by atoms with van der Waals surface area (Å²) in [5, 5.41) is 21.9. The number of hydrogen-bond donors (Lipinski definition) is 3. The van der Waals surface area contributed by atoms with Crippen LogP contribution in [0.3, 0.4) is 0 Å². The second kappa shape index (κ2) is 7.16. The fourth-order valence-electron chi connectivity index (χ4n) is 4.21. The fraction of sp³-hybridized carbons (Fsp3) is 0.174. The van der Waals surface area contributed by atoms with Crippen LogP contribution in [0.2, 0.25) is 0 Å². The number of aromatic hydroxyl groups is 1. The number of nitrogens with one attached hydrogen (secondary N) is 2. The number of benzene rings is 2. The van der Waals surface area contributed by atoms with Gasteiger partial charge in [0.1, 0.15) is 5.75 Å². The minimum Gasteiger partial charge on any atom is -0.497 e. The molecule has 2 aromatic heterocycles. The zero-order valence-corrected chi connectivity index (χ0v) is 17.5. The van der Waals surface area contributed by atoms with Gasteiger partial charge in [0, 0.05) is 29.6 Å². The maximum atomic E-state index is 13.1. The quantitative estimate of drug-likeness (QED) is 0.421. The standard InChI is InChI=1S/C23H21N5O4/c1-27-19(11-18(26-27)14-6-4-3-5-7-14)23(21(30)24-22(31)25-23)13-28-12-15-8-9-16(32-2)10-17(15)20(28)29/h3-12,29H,13H2,1-2H3,(H2,24,25,30,31)/t23-/m0/s1. The molecule has 0 aliphatic carbocycles. The fourth-order valence-corrected chi connectivity index (χ4v) is 4.21. The smallest absolute Gasteiger partial charge is 0.322 e. The van der Waals surface area contributed by atoms with E-state index in [0.29, 0.717) is 22.5 Å². The highest BCUT2D eigenvalue weighted by molar-refractivity contribution is 6.07. The summed E-state index contributed by atoms with van der Waals surface area (Å²) >= 11 is 0. The molecule has 2 aromatic carbocycles. The van der Waals surface area contributed by atoms with Crippen LogP contribution in [-0.4, -0.2) is 38.5 Å². The van der Waals surface area contributed by atoms with Gasteiger partial charge in [-0.3, -0.25) is 14.8 Å². The molecule has 9 nitrogen and oxygen atoms in total. The van der Waals surface area contributed by atoms with Crippen molar-refractivity contribution in [3.05, 3.63) is 66.5 Å². The van der Waals surface area contributed by atoms with Crippen LogP contribution in [0.4, 0.5) is 4.79 Å². The van der Waals surface area contributed by atoms with E-state index in [4.69, 9.17) is 4.74 Å². The maximum Gasteiger partial charge on any atom is 0.322 e. The first kappa shape index (κ1) is 19.7. The second-order valence-corrected chi connectivity index (χ2v) is 7.75. The molecule has 0 saturated carbocycles. The minimum absolute atomic E-state index is 0.0266. The summed E-state index contributed by atoms with van der Waals surface area (Å²) in [6.45, 7) is -0.0266. The highest BCUT2D eigenvalue weighted by atomic mass is 16.5. The molecule has 0 unspecified atom stereocenters. The van der Waals surface area contributed by atoms with Gasteiger partial charge in [-0.25, -0.2) is 4.79 Å². The van der Waals surface area contributed by atoms with Crippen LogP contribution in [0.25, 0.3) is 22.0 Å². The Morgan fingerprint density at radius 1 is 1.12 bits per heavy atom. The first-order chi connectivity index (χ1) is 15.4. The molecule has 4 aromatic rings. The second-order valence-electron chi connectivity index (χ2n) is 7.75. The van der Waals surface area contributed by atoms with Crippen LogP contribution < -0.4 is 15.4 Å². The van der Waals surface area contributed by atoms with E-state index in [2.05, 4.69) is 15.7 Å².